The molecule has 2 aromatic heterocycles. The van der Waals surface area contributed by atoms with E-state index >= 15 is 0 Å². The molecule has 1 fully saturated rings. The molecule has 0 radical (unpaired) electrons. The number of carbonyl (C=O) groups is 1. The van der Waals surface area contributed by atoms with Crippen molar-refractivity contribution in [1.82, 2.24) is 25.1 Å². The average Bonchev–Trinajstić information content (AvgIpc) is 3.38. The number of aromatic nitrogens is 4. The minimum atomic E-state index is -0.689. The van der Waals surface area contributed by atoms with Crippen LogP contribution in [0.4, 0.5) is 0 Å². The van der Waals surface area contributed by atoms with Crippen molar-refractivity contribution in [2.45, 2.75) is 38.3 Å². The molecule has 1 saturated carbocycles. The summed E-state index contributed by atoms with van der Waals surface area (Å²) in [7, 11) is 3.65. The minimum Gasteiger partial charge on any atom is -0.481 e. The molecule has 0 atom stereocenters. The second kappa shape index (κ2) is 10.2. The molecule has 1 aliphatic carbocycles. The number of benzene rings is 2. The summed E-state index contributed by atoms with van der Waals surface area (Å²) in [5.74, 6) is 0.0784. The predicted molar refractivity (Wildman–Crippen MR) is 139 cm³/mol. The highest BCUT2D eigenvalue weighted by atomic mass is 35.5. The first kappa shape index (κ1) is 24.2. The summed E-state index contributed by atoms with van der Waals surface area (Å²) in [4.78, 5) is 22.8. The lowest BCUT2D eigenvalue weighted by molar-refractivity contribution is -0.143. The number of fused-ring (bicyclic) bond motifs is 1. The summed E-state index contributed by atoms with van der Waals surface area (Å²) < 4.78 is 5.64. The highest BCUT2D eigenvalue weighted by molar-refractivity contribution is 6.36. The Morgan fingerprint density at radius 1 is 1.11 bits per heavy atom. The molecular formula is C27H28ClN5O3. The van der Waals surface area contributed by atoms with Gasteiger partial charge in [0.15, 0.2) is 5.82 Å². The molecule has 0 unspecified atom stereocenters. The van der Waals surface area contributed by atoms with Crippen LogP contribution in [0.1, 0.15) is 31.2 Å². The molecule has 2 N–H and O–H groups in total. The lowest BCUT2D eigenvalue weighted by atomic mass is 9.85. The van der Waals surface area contributed by atoms with Gasteiger partial charge in [-0.25, -0.2) is 4.98 Å². The Hall–Kier alpha value is -3.49. The SMILES string of the molecule is COc1nc(-c2cccc(-c3cccc4[nH]ncc34)c2Cl)ncc1CN(C)C1CCC(C(=O)O)CC1. The zero-order chi connectivity index (χ0) is 25.2. The van der Waals surface area contributed by atoms with E-state index in [2.05, 4.69) is 27.1 Å². The molecule has 2 heterocycles. The smallest absolute Gasteiger partial charge is 0.306 e. The fourth-order valence-electron chi connectivity index (χ4n) is 5.08. The van der Waals surface area contributed by atoms with Crippen molar-refractivity contribution >= 4 is 28.5 Å². The number of rotatable bonds is 7. The van der Waals surface area contributed by atoms with E-state index in [1.165, 1.54) is 0 Å². The molecule has 1 aliphatic rings. The van der Waals surface area contributed by atoms with Crippen LogP contribution >= 0.6 is 11.6 Å². The number of carboxylic acids is 1. The molecule has 5 rings (SSSR count). The van der Waals surface area contributed by atoms with Gasteiger partial charge >= 0.3 is 5.97 Å². The number of carboxylic acid groups (broad SMARTS) is 1. The number of aromatic amines is 1. The van der Waals surface area contributed by atoms with Gasteiger partial charge in [-0.05, 0) is 50.4 Å². The van der Waals surface area contributed by atoms with Crippen LogP contribution in [0.5, 0.6) is 5.88 Å². The Labute approximate surface area is 214 Å². The third kappa shape index (κ3) is 4.66. The predicted octanol–water partition coefficient (Wildman–Crippen LogP) is 5.42. The number of halogens is 1. The quantitative estimate of drug-likeness (QED) is 0.345. The van der Waals surface area contributed by atoms with Gasteiger partial charge in [0.1, 0.15) is 0 Å². The van der Waals surface area contributed by atoms with Crippen molar-refractivity contribution in [2.24, 2.45) is 5.92 Å². The van der Waals surface area contributed by atoms with Gasteiger partial charge in [-0.1, -0.05) is 35.9 Å². The highest BCUT2D eigenvalue weighted by Gasteiger charge is 2.28. The summed E-state index contributed by atoms with van der Waals surface area (Å²) in [6, 6.07) is 12.1. The second-order valence-corrected chi connectivity index (χ2v) is 9.67. The molecule has 186 valence electrons. The fourth-order valence-corrected chi connectivity index (χ4v) is 5.40. The van der Waals surface area contributed by atoms with Crippen LogP contribution in [-0.4, -0.2) is 56.3 Å². The van der Waals surface area contributed by atoms with Crippen LogP contribution in [0.2, 0.25) is 5.02 Å². The van der Waals surface area contributed by atoms with Crippen LogP contribution in [0.3, 0.4) is 0 Å². The van der Waals surface area contributed by atoms with E-state index in [4.69, 9.17) is 21.3 Å². The van der Waals surface area contributed by atoms with Crippen LogP contribution in [0.15, 0.2) is 48.8 Å². The van der Waals surface area contributed by atoms with Crippen molar-refractivity contribution in [2.75, 3.05) is 14.2 Å². The van der Waals surface area contributed by atoms with Crippen molar-refractivity contribution in [1.29, 1.82) is 0 Å². The summed E-state index contributed by atoms with van der Waals surface area (Å²) in [6.45, 7) is 0.613. The number of H-pyrrole nitrogens is 1. The van der Waals surface area contributed by atoms with Crippen LogP contribution in [-0.2, 0) is 11.3 Å². The Kier molecular flexibility index (Phi) is 6.89. The first-order valence-corrected chi connectivity index (χ1v) is 12.4. The first-order chi connectivity index (χ1) is 17.5. The second-order valence-electron chi connectivity index (χ2n) is 9.29. The van der Waals surface area contributed by atoms with Crippen molar-refractivity contribution in [3.8, 4) is 28.4 Å². The standard InChI is InChI=1S/C27H28ClN5O3/c1-33(18-11-9-16(10-12-18)27(34)35)15-17-13-29-25(31-26(17)36-2)21-7-3-6-20(24(21)28)19-5-4-8-23-22(19)14-30-32-23/h3-8,13-14,16,18H,9-12,15H2,1-2H3,(H,30,32)(H,34,35). The van der Waals surface area contributed by atoms with E-state index in [0.717, 1.165) is 46.0 Å². The summed E-state index contributed by atoms with van der Waals surface area (Å²) >= 11 is 6.90. The Balaban J connectivity index is 1.40. The monoisotopic (exact) mass is 505 g/mol. The van der Waals surface area contributed by atoms with Gasteiger partial charge in [0, 0.05) is 40.9 Å². The Bertz CT molecular complexity index is 1400. The maximum Gasteiger partial charge on any atom is 0.306 e. The summed E-state index contributed by atoms with van der Waals surface area (Å²) in [5, 5.41) is 18.0. The zero-order valence-electron chi connectivity index (χ0n) is 20.2. The molecule has 9 heteroatoms. The first-order valence-electron chi connectivity index (χ1n) is 12.0. The number of nitrogens with zero attached hydrogens (tertiary/aromatic N) is 4. The molecule has 36 heavy (non-hydrogen) atoms. The molecule has 0 amide bonds. The fraction of sp³-hybridized carbons (Fsp3) is 0.333. The van der Waals surface area contributed by atoms with Gasteiger partial charge in [-0.3, -0.25) is 14.8 Å². The number of nitrogens with one attached hydrogen (secondary N) is 1. The van der Waals surface area contributed by atoms with E-state index in [1.807, 2.05) is 36.4 Å². The van der Waals surface area contributed by atoms with Crippen LogP contribution < -0.4 is 4.74 Å². The third-order valence-corrected chi connectivity index (χ3v) is 7.53. The van der Waals surface area contributed by atoms with Gasteiger partial charge in [0.2, 0.25) is 5.88 Å². The molecule has 4 aromatic rings. The van der Waals surface area contributed by atoms with Gasteiger partial charge in [0.25, 0.3) is 0 Å². The van der Waals surface area contributed by atoms with Gasteiger partial charge < -0.3 is 9.84 Å². The lowest BCUT2D eigenvalue weighted by Crippen LogP contribution is -2.36. The van der Waals surface area contributed by atoms with Crippen molar-refractivity contribution in [3.63, 3.8) is 0 Å². The van der Waals surface area contributed by atoms with E-state index in [0.29, 0.717) is 42.2 Å². The molecule has 0 bridgehead atoms. The van der Waals surface area contributed by atoms with E-state index in [1.54, 1.807) is 19.5 Å². The minimum absolute atomic E-state index is 0.229. The van der Waals surface area contributed by atoms with Crippen molar-refractivity contribution in [3.05, 3.63) is 59.4 Å². The van der Waals surface area contributed by atoms with Gasteiger partial charge in [-0.15, -0.1) is 0 Å². The molecule has 8 nitrogen and oxygen atoms in total. The lowest BCUT2D eigenvalue weighted by Gasteiger charge is -2.33. The van der Waals surface area contributed by atoms with E-state index < -0.39 is 5.97 Å². The number of aliphatic carboxylic acids is 1. The zero-order valence-corrected chi connectivity index (χ0v) is 21.0. The Morgan fingerprint density at radius 3 is 2.58 bits per heavy atom. The van der Waals surface area contributed by atoms with Crippen molar-refractivity contribution < 1.29 is 14.6 Å². The largest absolute Gasteiger partial charge is 0.481 e. The topological polar surface area (TPSA) is 104 Å². The molecule has 0 saturated heterocycles. The average molecular weight is 506 g/mol. The van der Waals surface area contributed by atoms with Gasteiger partial charge in [0.05, 0.1) is 29.8 Å². The maximum absolute atomic E-state index is 11.3. The summed E-state index contributed by atoms with van der Waals surface area (Å²) in [6.07, 6.45) is 6.73. The van der Waals surface area contributed by atoms with Crippen LogP contribution in [0.25, 0.3) is 33.4 Å². The molecule has 0 aliphatic heterocycles. The maximum atomic E-state index is 11.3. The normalized spacial score (nSPS) is 18.0. The van der Waals surface area contributed by atoms with Crippen LogP contribution in [0, 0.1) is 5.92 Å². The van der Waals surface area contributed by atoms with E-state index in [-0.39, 0.29) is 5.92 Å². The van der Waals surface area contributed by atoms with Gasteiger partial charge in [-0.2, -0.15) is 10.1 Å². The number of hydrogen-bond acceptors (Lipinski definition) is 6. The Morgan fingerprint density at radius 2 is 1.83 bits per heavy atom. The molecular weight excluding hydrogens is 478 g/mol. The third-order valence-electron chi connectivity index (χ3n) is 7.12. The molecule has 2 aromatic carbocycles. The number of ether oxygens (including phenoxy) is 1. The van der Waals surface area contributed by atoms with E-state index in [9.17, 15) is 9.90 Å². The summed E-state index contributed by atoms with van der Waals surface area (Å²) in [5.41, 5.74) is 4.40. The molecule has 0 spiro atoms. The highest BCUT2D eigenvalue weighted by Crippen LogP contribution is 2.38. The number of hydrogen-bond donors (Lipinski definition) is 2. The number of methoxy groups -OCH3 is 1.